The van der Waals surface area contributed by atoms with Crippen LogP contribution in [0.5, 0.6) is 0 Å². The monoisotopic (exact) mass is 290 g/mol. The number of amides is 1. The van der Waals surface area contributed by atoms with Crippen LogP contribution in [0.1, 0.15) is 18.9 Å². The van der Waals surface area contributed by atoms with Gasteiger partial charge in [-0.25, -0.2) is 9.78 Å². The Labute approximate surface area is 122 Å². The highest BCUT2D eigenvalue weighted by molar-refractivity contribution is 7.09. The van der Waals surface area contributed by atoms with Gasteiger partial charge in [-0.3, -0.25) is 5.32 Å². The highest BCUT2D eigenvalue weighted by Gasteiger charge is 2.06. The van der Waals surface area contributed by atoms with Gasteiger partial charge in [0.1, 0.15) is 0 Å². The summed E-state index contributed by atoms with van der Waals surface area (Å²) >= 11 is 1.62. The molecule has 2 rings (SSSR count). The highest BCUT2D eigenvalue weighted by atomic mass is 32.1. The van der Waals surface area contributed by atoms with Crippen molar-refractivity contribution in [3.05, 3.63) is 34.7 Å². The van der Waals surface area contributed by atoms with E-state index in [0.717, 1.165) is 22.0 Å². The minimum Gasteiger partial charge on any atom is -0.449 e. The van der Waals surface area contributed by atoms with Crippen molar-refractivity contribution in [1.29, 1.82) is 0 Å². The zero-order chi connectivity index (χ0) is 14.5. The molecule has 0 radical (unpaired) electrons. The Morgan fingerprint density at radius 1 is 1.35 bits per heavy atom. The van der Waals surface area contributed by atoms with Crippen molar-refractivity contribution in [3.8, 4) is 11.3 Å². The molecule has 1 amide bonds. The van der Waals surface area contributed by atoms with E-state index >= 15 is 0 Å². The predicted octanol–water partition coefficient (Wildman–Crippen LogP) is 4.32. The molecule has 1 aromatic heterocycles. The Morgan fingerprint density at radius 2 is 2.05 bits per heavy atom. The normalized spacial score (nSPS) is 10.6. The molecule has 20 heavy (non-hydrogen) atoms. The largest absolute Gasteiger partial charge is 0.449 e. The average Bonchev–Trinajstić information content (AvgIpc) is 2.84. The van der Waals surface area contributed by atoms with Crippen molar-refractivity contribution in [2.45, 2.75) is 20.8 Å². The topological polar surface area (TPSA) is 51.2 Å². The summed E-state index contributed by atoms with van der Waals surface area (Å²) in [6.45, 7) is 6.40. The number of rotatable bonds is 4. The number of aryl methyl sites for hydroxylation is 1. The van der Waals surface area contributed by atoms with Gasteiger partial charge < -0.3 is 4.74 Å². The molecule has 0 saturated heterocycles. The molecular weight excluding hydrogens is 272 g/mol. The first kappa shape index (κ1) is 14.5. The first-order valence-electron chi connectivity index (χ1n) is 6.51. The lowest BCUT2D eigenvalue weighted by Gasteiger charge is -2.09. The van der Waals surface area contributed by atoms with Crippen molar-refractivity contribution < 1.29 is 9.53 Å². The van der Waals surface area contributed by atoms with Crippen LogP contribution in [0.4, 0.5) is 10.5 Å². The lowest BCUT2D eigenvalue weighted by molar-refractivity contribution is 0.147. The number of hydrogen-bond donors (Lipinski definition) is 1. The van der Waals surface area contributed by atoms with Crippen LogP contribution in [0.3, 0.4) is 0 Å². The van der Waals surface area contributed by atoms with E-state index in [4.69, 9.17) is 4.74 Å². The molecule has 0 fully saturated rings. The summed E-state index contributed by atoms with van der Waals surface area (Å²) in [5, 5.41) is 5.77. The first-order chi connectivity index (χ1) is 9.54. The molecule has 2 aromatic rings. The zero-order valence-corrected chi connectivity index (χ0v) is 12.7. The molecule has 0 unspecified atom stereocenters. The van der Waals surface area contributed by atoms with Gasteiger partial charge in [0.2, 0.25) is 0 Å². The summed E-state index contributed by atoms with van der Waals surface area (Å²) in [7, 11) is 0. The molecule has 0 aliphatic rings. The summed E-state index contributed by atoms with van der Waals surface area (Å²) in [6.07, 6.45) is -0.420. The fourth-order valence-corrected chi connectivity index (χ4v) is 2.24. The van der Waals surface area contributed by atoms with E-state index in [1.807, 2.05) is 50.4 Å². The van der Waals surface area contributed by atoms with E-state index in [1.165, 1.54) is 0 Å². The molecular formula is C15H18N2O2S. The van der Waals surface area contributed by atoms with Crippen molar-refractivity contribution in [1.82, 2.24) is 4.98 Å². The summed E-state index contributed by atoms with van der Waals surface area (Å²) in [4.78, 5) is 16.0. The Kier molecular flexibility index (Phi) is 4.74. The van der Waals surface area contributed by atoms with Gasteiger partial charge in [0.25, 0.3) is 0 Å². The summed E-state index contributed by atoms with van der Waals surface area (Å²) < 4.78 is 5.06. The fourth-order valence-electron chi connectivity index (χ4n) is 1.62. The van der Waals surface area contributed by atoms with Crippen molar-refractivity contribution in [2.75, 3.05) is 11.9 Å². The van der Waals surface area contributed by atoms with Crippen LogP contribution in [0.25, 0.3) is 11.3 Å². The third-order valence-corrected chi connectivity index (χ3v) is 3.37. The van der Waals surface area contributed by atoms with Gasteiger partial charge in [-0.05, 0) is 25.0 Å². The van der Waals surface area contributed by atoms with Crippen LogP contribution in [0.2, 0.25) is 0 Å². The second kappa shape index (κ2) is 6.52. The van der Waals surface area contributed by atoms with Gasteiger partial charge >= 0.3 is 6.09 Å². The maximum Gasteiger partial charge on any atom is 0.411 e. The Hall–Kier alpha value is -1.88. The van der Waals surface area contributed by atoms with Gasteiger partial charge in [-0.2, -0.15) is 0 Å². The van der Waals surface area contributed by atoms with Gasteiger partial charge in [0, 0.05) is 16.6 Å². The number of carbonyl (C=O) groups is 1. The van der Waals surface area contributed by atoms with E-state index < -0.39 is 6.09 Å². The quantitative estimate of drug-likeness (QED) is 0.912. The molecule has 0 saturated carbocycles. The van der Waals surface area contributed by atoms with Gasteiger partial charge in [-0.1, -0.05) is 26.0 Å². The summed E-state index contributed by atoms with van der Waals surface area (Å²) in [5.74, 6) is 0.330. The Balaban J connectivity index is 1.96. The van der Waals surface area contributed by atoms with E-state index in [-0.39, 0.29) is 0 Å². The van der Waals surface area contributed by atoms with Crippen LogP contribution in [-0.2, 0) is 4.74 Å². The number of nitrogens with one attached hydrogen (secondary N) is 1. The molecule has 0 aliphatic carbocycles. The number of aromatic nitrogens is 1. The molecule has 5 heteroatoms. The Morgan fingerprint density at radius 3 is 2.60 bits per heavy atom. The SMILES string of the molecule is Cc1nc(-c2ccc(NC(=O)OCC(C)C)cc2)cs1. The maximum atomic E-state index is 11.5. The van der Waals surface area contributed by atoms with Gasteiger partial charge in [0.15, 0.2) is 0 Å². The lowest BCUT2D eigenvalue weighted by atomic mass is 10.1. The molecule has 0 bridgehead atoms. The molecule has 1 aromatic carbocycles. The van der Waals surface area contributed by atoms with Crippen LogP contribution in [0, 0.1) is 12.8 Å². The molecule has 0 aliphatic heterocycles. The minimum atomic E-state index is -0.420. The van der Waals surface area contributed by atoms with E-state index in [2.05, 4.69) is 10.3 Å². The number of benzene rings is 1. The fraction of sp³-hybridized carbons (Fsp3) is 0.333. The summed E-state index contributed by atoms with van der Waals surface area (Å²) in [5.41, 5.74) is 2.71. The predicted molar refractivity (Wildman–Crippen MR) is 82.1 cm³/mol. The van der Waals surface area contributed by atoms with Gasteiger partial charge in [-0.15, -0.1) is 11.3 Å². The number of thiazole rings is 1. The molecule has 1 N–H and O–H groups in total. The van der Waals surface area contributed by atoms with Crippen molar-refractivity contribution in [2.24, 2.45) is 5.92 Å². The van der Waals surface area contributed by atoms with E-state index in [1.54, 1.807) is 11.3 Å². The van der Waals surface area contributed by atoms with Crippen molar-refractivity contribution in [3.63, 3.8) is 0 Å². The first-order valence-corrected chi connectivity index (χ1v) is 7.39. The highest BCUT2D eigenvalue weighted by Crippen LogP contribution is 2.23. The second-order valence-electron chi connectivity index (χ2n) is 4.95. The average molecular weight is 290 g/mol. The molecule has 0 atom stereocenters. The standard InChI is InChI=1S/C15H18N2O2S/c1-10(2)8-19-15(18)17-13-6-4-12(5-7-13)14-9-20-11(3)16-14/h4-7,9-10H,8H2,1-3H3,(H,17,18). The zero-order valence-electron chi connectivity index (χ0n) is 11.8. The number of carbonyl (C=O) groups excluding carboxylic acids is 1. The van der Waals surface area contributed by atoms with E-state index in [0.29, 0.717) is 12.5 Å². The smallest absolute Gasteiger partial charge is 0.411 e. The third-order valence-electron chi connectivity index (χ3n) is 2.59. The minimum absolute atomic E-state index is 0.330. The number of anilines is 1. The summed E-state index contributed by atoms with van der Waals surface area (Å²) in [6, 6.07) is 7.57. The number of nitrogens with zero attached hydrogens (tertiary/aromatic N) is 1. The van der Waals surface area contributed by atoms with Crippen LogP contribution >= 0.6 is 11.3 Å². The van der Waals surface area contributed by atoms with Crippen LogP contribution < -0.4 is 5.32 Å². The molecule has 1 heterocycles. The van der Waals surface area contributed by atoms with E-state index in [9.17, 15) is 4.79 Å². The molecule has 0 spiro atoms. The lowest BCUT2D eigenvalue weighted by Crippen LogP contribution is -2.16. The third kappa shape index (κ3) is 4.06. The molecule has 106 valence electrons. The maximum absolute atomic E-state index is 11.5. The van der Waals surface area contributed by atoms with Gasteiger partial charge in [0.05, 0.1) is 17.3 Å². The molecule has 4 nitrogen and oxygen atoms in total. The van der Waals surface area contributed by atoms with Crippen molar-refractivity contribution >= 4 is 23.1 Å². The van der Waals surface area contributed by atoms with Crippen LogP contribution in [-0.4, -0.2) is 17.7 Å². The number of ether oxygens (including phenoxy) is 1. The number of hydrogen-bond acceptors (Lipinski definition) is 4. The Bertz CT molecular complexity index is 576. The van der Waals surface area contributed by atoms with Crippen LogP contribution in [0.15, 0.2) is 29.6 Å². The second-order valence-corrected chi connectivity index (χ2v) is 6.01.